The lowest BCUT2D eigenvalue weighted by Gasteiger charge is -2.47. The lowest BCUT2D eigenvalue weighted by atomic mass is 9.76. The third-order valence-corrected chi connectivity index (χ3v) is 6.68. The first-order valence-electron chi connectivity index (χ1n) is 11.1. The number of halogens is 2. The van der Waals surface area contributed by atoms with Crippen molar-refractivity contribution < 1.29 is 18.3 Å². The Bertz CT molecular complexity index is 1330. The summed E-state index contributed by atoms with van der Waals surface area (Å²) in [5, 5.41) is 16.9. The molecule has 1 atom stereocenters. The number of amides is 2. The fraction of sp³-hybridized carbons (Fsp3) is 0.333. The molecule has 180 valence electrons. The van der Waals surface area contributed by atoms with Gasteiger partial charge >= 0.3 is 12.6 Å². The summed E-state index contributed by atoms with van der Waals surface area (Å²) in [6.07, 6.45) is 2.32. The predicted octanol–water partition coefficient (Wildman–Crippen LogP) is 3.43. The number of aryl methyl sites for hydroxylation is 1. The van der Waals surface area contributed by atoms with Crippen LogP contribution in [0.1, 0.15) is 36.2 Å². The summed E-state index contributed by atoms with van der Waals surface area (Å²) < 4.78 is 31.7. The van der Waals surface area contributed by atoms with Crippen LogP contribution in [0.3, 0.4) is 0 Å². The highest BCUT2D eigenvalue weighted by atomic mass is 19.3. The number of fused-ring (bicyclic) bond motifs is 2. The zero-order valence-corrected chi connectivity index (χ0v) is 18.9. The van der Waals surface area contributed by atoms with E-state index in [1.54, 1.807) is 17.0 Å². The van der Waals surface area contributed by atoms with Crippen LogP contribution in [0.5, 0.6) is 5.75 Å². The number of hydrogen-bond acceptors (Lipinski definition) is 6. The van der Waals surface area contributed by atoms with Crippen LogP contribution < -0.4 is 15.8 Å². The molecule has 2 aliphatic heterocycles. The Morgan fingerprint density at radius 3 is 2.83 bits per heavy atom. The van der Waals surface area contributed by atoms with Gasteiger partial charge in [-0.15, -0.1) is 0 Å². The molecule has 9 nitrogen and oxygen atoms in total. The van der Waals surface area contributed by atoms with Gasteiger partial charge in [-0.2, -0.15) is 19.1 Å². The minimum atomic E-state index is -3.01. The lowest BCUT2D eigenvalue weighted by Crippen LogP contribution is -2.62. The molecule has 35 heavy (non-hydrogen) atoms. The molecular formula is C24H23F2N7O2. The number of anilines is 1. The van der Waals surface area contributed by atoms with Gasteiger partial charge in [0.2, 0.25) is 0 Å². The summed E-state index contributed by atoms with van der Waals surface area (Å²) in [5.41, 5.74) is 8.83. The van der Waals surface area contributed by atoms with Gasteiger partial charge in [-0.1, -0.05) is 18.2 Å². The average Bonchev–Trinajstić information content (AvgIpc) is 3.38. The lowest BCUT2D eigenvalue weighted by molar-refractivity contribution is -0.0494. The van der Waals surface area contributed by atoms with Gasteiger partial charge in [-0.25, -0.2) is 9.78 Å². The second-order valence-corrected chi connectivity index (χ2v) is 8.88. The van der Waals surface area contributed by atoms with Crippen molar-refractivity contribution >= 4 is 11.8 Å². The van der Waals surface area contributed by atoms with E-state index in [0.29, 0.717) is 36.5 Å². The molecule has 0 bridgehead atoms. The molecule has 1 aromatic carbocycles. The molecule has 3 N–H and O–H groups in total. The van der Waals surface area contributed by atoms with Crippen LogP contribution in [0, 0.1) is 11.3 Å². The molecule has 2 aromatic heterocycles. The molecule has 5 rings (SSSR count). The van der Waals surface area contributed by atoms with Crippen molar-refractivity contribution in [3.8, 4) is 23.1 Å². The highest BCUT2D eigenvalue weighted by molar-refractivity contribution is 5.76. The van der Waals surface area contributed by atoms with E-state index in [9.17, 15) is 18.8 Å². The van der Waals surface area contributed by atoms with Crippen molar-refractivity contribution in [3.05, 3.63) is 59.4 Å². The van der Waals surface area contributed by atoms with Crippen LogP contribution in [-0.2, 0) is 12.0 Å². The van der Waals surface area contributed by atoms with Gasteiger partial charge in [0.25, 0.3) is 0 Å². The molecule has 1 saturated heterocycles. The van der Waals surface area contributed by atoms with E-state index in [2.05, 4.69) is 26.2 Å². The number of nitriles is 1. The number of aromatic nitrogens is 3. The second-order valence-electron chi connectivity index (χ2n) is 8.88. The Morgan fingerprint density at radius 1 is 1.31 bits per heavy atom. The van der Waals surface area contributed by atoms with Gasteiger partial charge in [0.1, 0.15) is 0 Å². The Labute approximate surface area is 200 Å². The summed E-state index contributed by atoms with van der Waals surface area (Å²) >= 11 is 0. The van der Waals surface area contributed by atoms with Gasteiger partial charge < -0.3 is 20.7 Å². The molecule has 1 spiro atoms. The summed E-state index contributed by atoms with van der Waals surface area (Å²) in [5.74, 6) is -0.316. The molecule has 0 saturated carbocycles. The monoisotopic (exact) mass is 479 g/mol. The summed E-state index contributed by atoms with van der Waals surface area (Å²) in [4.78, 5) is 18.6. The number of hydrogen-bond donors (Lipinski definition) is 2. The van der Waals surface area contributed by atoms with Crippen LogP contribution in [-0.4, -0.2) is 45.4 Å². The van der Waals surface area contributed by atoms with Crippen molar-refractivity contribution in [2.75, 3.05) is 18.8 Å². The van der Waals surface area contributed by atoms with Crippen molar-refractivity contribution in [2.24, 2.45) is 0 Å². The highest BCUT2D eigenvalue weighted by Gasteiger charge is 2.51. The number of carbonyl (C=O) groups excluding carboxylic acids is 1. The fourth-order valence-electron chi connectivity index (χ4n) is 4.87. The Hall–Kier alpha value is -4.20. The molecule has 11 heteroatoms. The Kier molecular flexibility index (Phi) is 5.51. The molecule has 1 fully saturated rings. The van der Waals surface area contributed by atoms with Crippen LogP contribution >= 0.6 is 0 Å². The quantitative estimate of drug-likeness (QED) is 0.578. The number of benzene rings is 1. The number of pyridine rings is 1. The highest BCUT2D eigenvalue weighted by Crippen LogP contribution is 2.44. The normalized spacial score (nSPS) is 16.5. The van der Waals surface area contributed by atoms with Gasteiger partial charge in [0.05, 0.1) is 23.4 Å². The topological polar surface area (TPSA) is 122 Å². The van der Waals surface area contributed by atoms with Crippen LogP contribution in [0.25, 0.3) is 11.3 Å². The Balaban J connectivity index is 1.28. The predicted molar refractivity (Wildman–Crippen MR) is 122 cm³/mol. The standard InChI is InChI=1S/C24H23F2N7O2/c1-14(17-5-3-2-4-15(17)10-27)30-23(34)32-12-24(13-32)6-7-33-20(24)9-18(31-33)16-8-19(35-22(25)26)21(28)29-11-16/h2-5,8-9,11,14,22H,6-7,12-13H2,1H3,(H2,28,29)(H,30,34)/t14-/m1/s1. The first-order valence-corrected chi connectivity index (χ1v) is 11.1. The minimum Gasteiger partial charge on any atom is -0.431 e. The van der Waals surface area contributed by atoms with E-state index < -0.39 is 6.61 Å². The number of nitrogens with one attached hydrogen (secondary N) is 1. The molecular weight excluding hydrogens is 456 g/mol. The van der Waals surface area contributed by atoms with E-state index in [0.717, 1.165) is 17.7 Å². The van der Waals surface area contributed by atoms with Crippen LogP contribution in [0.2, 0.25) is 0 Å². The van der Waals surface area contributed by atoms with Crippen molar-refractivity contribution in [1.29, 1.82) is 5.26 Å². The average molecular weight is 479 g/mol. The molecule has 4 heterocycles. The maximum Gasteiger partial charge on any atom is 0.387 e. The second kappa shape index (κ2) is 8.54. The molecule has 0 unspecified atom stereocenters. The number of ether oxygens (including phenoxy) is 1. The van der Waals surface area contributed by atoms with E-state index in [1.165, 1.54) is 12.3 Å². The van der Waals surface area contributed by atoms with Gasteiger partial charge in [0.15, 0.2) is 11.6 Å². The van der Waals surface area contributed by atoms with Gasteiger partial charge in [-0.3, -0.25) is 4.68 Å². The molecule has 0 radical (unpaired) electrons. The number of carbonyl (C=O) groups is 1. The summed E-state index contributed by atoms with van der Waals surface area (Å²) in [6.45, 7) is 0.618. The number of urea groups is 1. The Morgan fingerprint density at radius 2 is 2.09 bits per heavy atom. The number of nitrogen functional groups attached to an aromatic ring is 1. The third kappa shape index (κ3) is 4.01. The van der Waals surface area contributed by atoms with Crippen LogP contribution in [0.15, 0.2) is 42.6 Å². The maximum atomic E-state index is 12.9. The number of nitrogens with zero attached hydrogens (tertiary/aromatic N) is 5. The molecule has 2 aliphatic rings. The third-order valence-electron chi connectivity index (χ3n) is 6.68. The number of nitrogens with two attached hydrogens (primary N) is 1. The number of alkyl halides is 2. The molecule has 0 aliphatic carbocycles. The minimum absolute atomic E-state index is 0.121. The zero-order valence-electron chi connectivity index (χ0n) is 18.9. The van der Waals surface area contributed by atoms with Gasteiger partial charge in [0, 0.05) is 42.5 Å². The van der Waals surface area contributed by atoms with Gasteiger partial charge in [-0.05, 0) is 37.1 Å². The number of rotatable bonds is 5. The fourth-order valence-corrected chi connectivity index (χ4v) is 4.87. The van der Waals surface area contributed by atoms with E-state index >= 15 is 0 Å². The smallest absolute Gasteiger partial charge is 0.387 e. The number of likely N-dealkylation sites (tertiary alicyclic amines) is 1. The first kappa shape index (κ1) is 22.6. The largest absolute Gasteiger partial charge is 0.431 e. The van der Waals surface area contributed by atoms with Crippen molar-refractivity contribution in [1.82, 2.24) is 25.0 Å². The summed E-state index contributed by atoms with van der Waals surface area (Å²) in [6, 6.07) is 12.2. The SMILES string of the molecule is C[C@@H](NC(=O)N1CC2(CCn3nc(-c4cnc(N)c(OC(F)F)c4)cc32)C1)c1ccccc1C#N. The van der Waals surface area contributed by atoms with E-state index in [4.69, 9.17) is 5.73 Å². The van der Waals surface area contributed by atoms with Crippen molar-refractivity contribution in [2.45, 2.75) is 38.0 Å². The van der Waals surface area contributed by atoms with E-state index in [-0.39, 0.29) is 29.1 Å². The zero-order chi connectivity index (χ0) is 24.7. The maximum absolute atomic E-state index is 12.9. The molecule has 2 amide bonds. The van der Waals surface area contributed by atoms with Crippen molar-refractivity contribution in [3.63, 3.8) is 0 Å². The summed E-state index contributed by atoms with van der Waals surface area (Å²) in [7, 11) is 0. The van der Waals surface area contributed by atoms with E-state index in [1.807, 2.05) is 29.8 Å². The molecule has 3 aromatic rings. The first-order chi connectivity index (χ1) is 16.8. The van der Waals surface area contributed by atoms with Crippen LogP contribution in [0.4, 0.5) is 19.4 Å².